The molecule has 1 amide bonds. The van der Waals surface area contributed by atoms with Crippen molar-refractivity contribution in [3.05, 3.63) is 48.3 Å². The second kappa shape index (κ2) is 7.49. The molecule has 0 bridgehead atoms. The number of carbonyl (C=O) groups excluding carboxylic acids is 1. The molecular weight excluding hydrogens is 301 g/mol. The van der Waals surface area contributed by atoms with Crippen molar-refractivity contribution in [2.75, 3.05) is 19.5 Å². The van der Waals surface area contributed by atoms with Gasteiger partial charge in [-0.3, -0.25) is 4.79 Å². The van der Waals surface area contributed by atoms with Crippen molar-refractivity contribution in [2.24, 2.45) is 0 Å². The highest BCUT2D eigenvalue weighted by atomic mass is 19.1. The lowest BCUT2D eigenvalue weighted by atomic mass is 10.2. The topological polar surface area (TPSA) is 56.8 Å². The van der Waals surface area contributed by atoms with Crippen LogP contribution in [0.5, 0.6) is 17.2 Å². The Hall–Kier alpha value is -2.76. The van der Waals surface area contributed by atoms with Crippen molar-refractivity contribution in [3.63, 3.8) is 0 Å². The average molecular weight is 319 g/mol. The van der Waals surface area contributed by atoms with E-state index in [2.05, 4.69) is 5.32 Å². The zero-order valence-electron chi connectivity index (χ0n) is 13.1. The molecule has 0 aliphatic heterocycles. The molecule has 1 N–H and O–H groups in total. The van der Waals surface area contributed by atoms with E-state index in [-0.39, 0.29) is 11.7 Å². The summed E-state index contributed by atoms with van der Waals surface area (Å²) in [6.07, 6.45) is -0.757. The number of hydrogen-bond acceptors (Lipinski definition) is 4. The fourth-order valence-corrected chi connectivity index (χ4v) is 1.91. The van der Waals surface area contributed by atoms with Gasteiger partial charge in [-0.15, -0.1) is 0 Å². The predicted octanol–water partition coefficient (Wildman–Crippen LogP) is 3.25. The van der Waals surface area contributed by atoms with E-state index in [9.17, 15) is 9.18 Å². The van der Waals surface area contributed by atoms with Gasteiger partial charge in [0.15, 0.2) is 6.10 Å². The minimum atomic E-state index is -0.757. The standard InChI is InChI=1S/C17H18FNO4/c1-11(23-13-6-4-12(18)5-7-13)17(20)19-15-9-8-14(21-2)10-16(15)22-3/h4-11H,1-3H3,(H,19,20)/t11-/m1/s1. The number of anilines is 1. The van der Waals surface area contributed by atoms with E-state index in [1.165, 1.54) is 31.4 Å². The van der Waals surface area contributed by atoms with Gasteiger partial charge in [-0.1, -0.05) is 0 Å². The average Bonchev–Trinajstić information content (AvgIpc) is 2.57. The lowest BCUT2D eigenvalue weighted by Gasteiger charge is -2.16. The van der Waals surface area contributed by atoms with E-state index in [1.54, 1.807) is 32.2 Å². The molecule has 0 aliphatic carbocycles. The Bertz CT molecular complexity index is 673. The van der Waals surface area contributed by atoms with Gasteiger partial charge in [-0.05, 0) is 43.3 Å². The second-order valence-electron chi connectivity index (χ2n) is 4.77. The van der Waals surface area contributed by atoms with Gasteiger partial charge in [-0.25, -0.2) is 4.39 Å². The molecule has 0 saturated heterocycles. The van der Waals surface area contributed by atoms with Crippen LogP contribution in [0.1, 0.15) is 6.92 Å². The maximum Gasteiger partial charge on any atom is 0.265 e. The molecule has 0 radical (unpaired) electrons. The summed E-state index contributed by atoms with van der Waals surface area (Å²) in [4.78, 5) is 12.2. The summed E-state index contributed by atoms with van der Waals surface area (Å²) in [5.41, 5.74) is 0.507. The third-order valence-electron chi connectivity index (χ3n) is 3.16. The van der Waals surface area contributed by atoms with Crippen molar-refractivity contribution in [1.29, 1.82) is 0 Å². The molecule has 23 heavy (non-hydrogen) atoms. The molecule has 6 heteroatoms. The van der Waals surface area contributed by atoms with Gasteiger partial charge >= 0.3 is 0 Å². The zero-order valence-corrected chi connectivity index (χ0v) is 13.1. The minimum Gasteiger partial charge on any atom is -0.497 e. The van der Waals surface area contributed by atoms with Crippen LogP contribution in [-0.4, -0.2) is 26.2 Å². The van der Waals surface area contributed by atoms with E-state index in [0.29, 0.717) is 22.9 Å². The molecule has 2 aromatic rings. The van der Waals surface area contributed by atoms with Gasteiger partial charge in [-0.2, -0.15) is 0 Å². The maximum atomic E-state index is 12.9. The number of carbonyl (C=O) groups is 1. The molecule has 0 fully saturated rings. The first-order valence-electron chi connectivity index (χ1n) is 6.98. The summed E-state index contributed by atoms with van der Waals surface area (Å²) in [7, 11) is 3.05. The lowest BCUT2D eigenvalue weighted by Crippen LogP contribution is -2.30. The van der Waals surface area contributed by atoms with Gasteiger partial charge in [0.2, 0.25) is 0 Å². The van der Waals surface area contributed by atoms with Crippen molar-refractivity contribution >= 4 is 11.6 Å². The van der Waals surface area contributed by atoms with E-state index in [1.807, 2.05) is 0 Å². The van der Waals surface area contributed by atoms with Crippen molar-refractivity contribution in [3.8, 4) is 17.2 Å². The molecule has 5 nitrogen and oxygen atoms in total. The highest BCUT2D eigenvalue weighted by molar-refractivity contribution is 5.95. The molecule has 2 aromatic carbocycles. The summed E-state index contributed by atoms with van der Waals surface area (Å²) >= 11 is 0. The van der Waals surface area contributed by atoms with Crippen molar-refractivity contribution in [2.45, 2.75) is 13.0 Å². The third kappa shape index (κ3) is 4.35. The molecule has 0 aliphatic rings. The number of ether oxygens (including phenoxy) is 3. The van der Waals surface area contributed by atoms with Crippen LogP contribution in [0, 0.1) is 5.82 Å². The number of nitrogens with one attached hydrogen (secondary N) is 1. The van der Waals surface area contributed by atoms with Crippen molar-refractivity contribution in [1.82, 2.24) is 0 Å². The van der Waals surface area contributed by atoms with Crippen LogP contribution in [0.4, 0.5) is 10.1 Å². The Morgan fingerprint density at radius 1 is 1.04 bits per heavy atom. The first kappa shape index (κ1) is 16.6. The van der Waals surface area contributed by atoms with E-state index >= 15 is 0 Å². The van der Waals surface area contributed by atoms with Crippen molar-refractivity contribution < 1.29 is 23.4 Å². The number of hydrogen-bond donors (Lipinski definition) is 1. The summed E-state index contributed by atoms with van der Waals surface area (Å²) in [5, 5.41) is 2.73. The quantitative estimate of drug-likeness (QED) is 0.888. The predicted molar refractivity (Wildman–Crippen MR) is 84.7 cm³/mol. The van der Waals surface area contributed by atoms with Gasteiger partial charge in [0.1, 0.15) is 23.1 Å². The van der Waals surface area contributed by atoms with Crippen LogP contribution in [-0.2, 0) is 4.79 Å². The van der Waals surface area contributed by atoms with Gasteiger partial charge < -0.3 is 19.5 Å². The van der Waals surface area contributed by atoms with E-state index < -0.39 is 6.10 Å². The Kier molecular flexibility index (Phi) is 5.41. The number of benzene rings is 2. The molecule has 0 aromatic heterocycles. The Labute approximate surface area is 134 Å². The molecule has 122 valence electrons. The lowest BCUT2D eigenvalue weighted by molar-refractivity contribution is -0.122. The molecule has 1 atom stereocenters. The number of rotatable bonds is 6. The fourth-order valence-electron chi connectivity index (χ4n) is 1.91. The summed E-state index contributed by atoms with van der Waals surface area (Å²) in [5.74, 6) is 0.799. The van der Waals surface area contributed by atoms with Crippen LogP contribution < -0.4 is 19.5 Å². The monoisotopic (exact) mass is 319 g/mol. The summed E-state index contributed by atoms with van der Waals surface area (Å²) in [6, 6.07) is 10.5. The highest BCUT2D eigenvalue weighted by Crippen LogP contribution is 2.29. The van der Waals surface area contributed by atoms with Crippen LogP contribution >= 0.6 is 0 Å². The van der Waals surface area contributed by atoms with Crippen LogP contribution in [0.3, 0.4) is 0 Å². The minimum absolute atomic E-state index is 0.349. The summed E-state index contributed by atoms with van der Waals surface area (Å²) in [6.45, 7) is 1.61. The number of methoxy groups -OCH3 is 2. The number of halogens is 1. The first-order valence-corrected chi connectivity index (χ1v) is 6.98. The van der Waals surface area contributed by atoms with Gasteiger partial charge in [0.05, 0.1) is 19.9 Å². The van der Waals surface area contributed by atoms with E-state index in [4.69, 9.17) is 14.2 Å². The number of amides is 1. The molecule has 0 unspecified atom stereocenters. The maximum absolute atomic E-state index is 12.9. The van der Waals surface area contributed by atoms with Crippen LogP contribution in [0.25, 0.3) is 0 Å². The second-order valence-corrected chi connectivity index (χ2v) is 4.77. The molecular formula is C17H18FNO4. The van der Waals surface area contributed by atoms with Gasteiger partial charge in [0.25, 0.3) is 5.91 Å². The molecule has 0 spiro atoms. The SMILES string of the molecule is COc1ccc(NC(=O)[C@@H](C)Oc2ccc(F)cc2)c(OC)c1. The third-order valence-corrected chi connectivity index (χ3v) is 3.16. The largest absolute Gasteiger partial charge is 0.497 e. The smallest absolute Gasteiger partial charge is 0.265 e. The molecule has 0 heterocycles. The van der Waals surface area contributed by atoms with E-state index in [0.717, 1.165) is 0 Å². The Morgan fingerprint density at radius 3 is 2.30 bits per heavy atom. The molecule has 2 rings (SSSR count). The first-order chi connectivity index (χ1) is 11.0. The normalized spacial score (nSPS) is 11.5. The zero-order chi connectivity index (χ0) is 16.8. The fraction of sp³-hybridized carbons (Fsp3) is 0.235. The summed E-state index contributed by atoms with van der Waals surface area (Å²) < 4.78 is 28.7. The van der Waals surface area contributed by atoms with Crippen LogP contribution in [0.15, 0.2) is 42.5 Å². The highest BCUT2D eigenvalue weighted by Gasteiger charge is 2.17. The van der Waals surface area contributed by atoms with Gasteiger partial charge in [0, 0.05) is 6.07 Å². The Balaban J connectivity index is 2.04. The molecule has 0 saturated carbocycles. The Morgan fingerprint density at radius 2 is 1.70 bits per heavy atom. The van der Waals surface area contributed by atoms with Crippen LogP contribution in [0.2, 0.25) is 0 Å².